The summed E-state index contributed by atoms with van der Waals surface area (Å²) in [5.41, 5.74) is 0. The van der Waals surface area contributed by atoms with Gasteiger partial charge in [-0.2, -0.15) is 0 Å². The summed E-state index contributed by atoms with van der Waals surface area (Å²) >= 11 is 0. The molecule has 1 atom stereocenters. The fraction of sp³-hybridized carbons (Fsp3) is 0.917. The van der Waals surface area contributed by atoms with Crippen LogP contribution in [0.5, 0.6) is 0 Å². The Kier molecular flexibility index (Phi) is 5.77. The molecule has 0 aromatic rings. The van der Waals surface area contributed by atoms with Gasteiger partial charge in [0.15, 0.2) is 6.10 Å². The normalized spacial score (nSPS) is 27.4. The fourth-order valence-electron chi connectivity index (χ4n) is 1.97. The lowest BCUT2D eigenvalue weighted by atomic mass is 9.95. The second-order valence-electron chi connectivity index (χ2n) is 4.22. The molecule has 94 valence electrons. The predicted octanol–water partition coefficient (Wildman–Crippen LogP) is 1.65. The molecule has 1 unspecified atom stereocenters. The van der Waals surface area contributed by atoms with Crippen LogP contribution in [0.2, 0.25) is 0 Å². The minimum atomic E-state index is -0.444. The van der Waals surface area contributed by atoms with Gasteiger partial charge in [-0.15, -0.1) is 0 Å². The van der Waals surface area contributed by atoms with Crippen LogP contribution in [0.3, 0.4) is 0 Å². The molecule has 1 aliphatic carbocycles. The summed E-state index contributed by atoms with van der Waals surface area (Å²) in [5.74, 6) is -0.267. The van der Waals surface area contributed by atoms with E-state index < -0.39 is 6.10 Å². The lowest BCUT2D eigenvalue weighted by Gasteiger charge is -2.28. The highest BCUT2D eigenvalue weighted by Crippen LogP contribution is 2.23. The molecule has 0 aliphatic heterocycles. The number of hydrogen-bond donors (Lipinski definition) is 1. The number of aliphatic hydroxyl groups excluding tert-OH is 1. The summed E-state index contributed by atoms with van der Waals surface area (Å²) in [4.78, 5) is 11.5. The molecule has 0 heterocycles. The van der Waals surface area contributed by atoms with Crippen LogP contribution >= 0.6 is 0 Å². The molecule has 0 radical (unpaired) electrons. The monoisotopic (exact) mass is 230 g/mol. The average molecular weight is 230 g/mol. The van der Waals surface area contributed by atoms with Gasteiger partial charge in [0.25, 0.3) is 0 Å². The van der Waals surface area contributed by atoms with Crippen LogP contribution < -0.4 is 0 Å². The van der Waals surface area contributed by atoms with Crippen molar-refractivity contribution < 1.29 is 19.4 Å². The zero-order valence-corrected chi connectivity index (χ0v) is 10.1. The largest absolute Gasteiger partial charge is 0.464 e. The summed E-state index contributed by atoms with van der Waals surface area (Å²) in [7, 11) is 0. The Bertz CT molecular complexity index is 209. The Labute approximate surface area is 96.9 Å². The van der Waals surface area contributed by atoms with Gasteiger partial charge < -0.3 is 14.6 Å². The van der Waals surface area contributed by atoms with Crippen LogP contribution in [-0.4, -0.2) is 36.0 Å². The first kappa shape index (κ1) is 13.5. The van der Waals surface area contributed by atoms with Gasteiger partial charge in [0.05, 0.1) is 18.8 Å². The van der Waals surface area contributed by atoms with E-state index in [-0.39, 0.29) is 18.2 Å². The van der Waals surface area contributed by atoms with Gasteiger partial charge in [0.1, 0.15) is 0 Å². The molecule has 4 nitrogen and oxygen atoms in total. The molecule has 16 heavy (non-hydrogen) atoms. The van der Waals surface area contributed by atoms with Crippen molar-refractivity contribution in [2.75, 3.05) is 6.61 Å². The first-order valence-electron chi connectivity index (χ1n) is 6.17. The van der Waals surface area contributed by atoms with Gasteiger partial charge in [-0.1, -0.05) is 6.92 Å². The number of hydrogen-bond acceptors (Lipinski definition) is 4. The number of aliphatic hydroxyl groups is 1. The van der Waals surface area contributed by atoms with E-state index >= 15 is 0 Å². The summed E-state index contributed by atoms with van der Waals surface area (Å²) in [6.07, 6.45) is 3.29. The van der Waals surface area contributed by atoms with Gasteiger partial charge >= 0.3 is 5.97 Å². The Morgan fingerprint density at radius 1 is 1.31 bits per heavy atom. The molecule has 4 heteroatoms. The van der Waals surface area contributed by atoms with Gasteiger partial charge in [0, 0.05) is 0 Å². The molecule has 1 N–H and O–H groups in total. The van der Waals surface area contributed by atoms with Gasteiger partial charge in [-0.25, -0.2) is 4.79 Å². The summed E-state index contributed by atoms with van der Waals surface area (Å²) < 4.78 is 10.7. The third kappa shape index (κ3) is 4.10. The first-order valence-corrected chi connectivity index (χ1v) is 6.17. The highest BCUT2D eigenvalue weighted by molar-refractivity contribution is 5.74. The third-order valence-corrected chi connectivity index (χ3v) is 2.92. The summed E-state index contributed by atoms with van der Waals surface area (Å²) in [6.45, 7) is 4.10. The number of esters is 1. The van der Waals surface area contributed by atoms with E-state index in [0.717, 1.165) is 25.7 Å². The quantitative estimate of drug-likeness (QED) is 0.730. The number of carbonyl (C=O) groups is 1. The van der Waals surface area contributed by atoms with E-state index in [1.54, 1.807) is 6.92 Å². The van der Waals surface area contributed by atoms with Crippen molar-refractivity contribution in [1.29, 1.82) is 0 Å². The molecule has 0 aromatic heterocycles. The second kappa shape index (κ2) is 6.86. The highest BCUT2D eigenvalue weighted by atomic mass is 16.6. The van der Waals surface area contributed by atoms with Crippen LogP contribution in [0.4, 0.5) is 0 Å². The van der Waals surface area contributed by atoms with Gasteiger partial charge in [-0.05, 0) is 39.0 Å². The molecular weight excluding hydrogens is 208 g/mol. The molecule has 1 rings (SSSR count). The number of ether oxygens (including phenoxy) is 2. The molecule has 0 saturated heterocycles. The standard InChI is InChI=1S/C12H22O4/c1-3-11(12(14)15-4-2)16-10-7-5-9(13)6-8-10/h9-11,13H,3-8H2,1-2H3. The number of carbonyl (C=O) groups excluding carboxylic acids is 1. The van der Waals surface area contributed by atoms with Crippen LogP contribution in [0.15, 0.2) is 0 Å². The van der Waals surface area contributed by atoms with E-state index in [4.69, 9.17) is 9.47 Å². The van der Waals surface area contributed by atoms with Crippen molar-refractivity contribution in [2.24, 2.45) is 0 Å². The van der Waals surface area contributed by atoms with Crippen LogP contribution in [0, 0.1) is 0 Å². The predicted molar refractivity (Wildman–Crippen MR) is 60.1 cm³/mol. The van der Waals surface area contributed by atoms with Crippen molar-refractivity contribution in [1.82, 2.24) is 0 Å². The molecule has 1 saturated carbocycles. The Morgan fingerprint density at radius 2 is 1.94 bits per heavy atom. The average Bonchev–Trinajstić information content (AvgIpc) is 2.28. The minimum Gasteiger partial charge on any atom is -0.464 e. The van der Waals surface area contributed by atoms with E-state index in [9.17, 15) is 9.90 Å². The molecule has 1 fully saturated rings. The SMILES string of the molecule is CCOC(=O)C(CC)OC1CCC(O)CC1. The molecule has 0 amide bonds. The van der Waals surface area contributed by atoms with Crippen molar-refractivity contribution in [2.45, 2.75) is 64.3 Å². The van der Waals surface area contributed by atoms with Crippen LogP contribution in [-0.2, 0) is 14.3 Å². The van der Waals surface area contributed by atoms with E-state index in [1.807, 2.05) is 6.92 Å². The maximum atomic E-state index is 11.5. The van der Waals surface area contributed by atoms with Crippen LogP contribution in [0.1, 0.15) is 46.0 Å². The first-order chi connectivity index (χ1) is 7.67. The maximum Gasteiger partial charge on any atom is 0.335 e. The van der Waals surface area contributed by atoms with E-state index in [1.165, 1.54) is 0 Å². The van der Waals surface area contributed by atoms with Crippen molar-refractivity contribution in [3.8, 4) is 0 Å². The van der Waals surface area contributed by atoms with Crippen LogP contribution in [0.25, 0.3) is 0 Å². The molecule has 0 spiro atoms. The minimum absolute atomic E-state index is 0.0951. The summed E-state index contributed by atoms with van der Waals surface area (Å²) in [6, 6.07) is 0. The lowest BCUT2D eigenvalue weighted by Crippen LogP contribution is -2.33. The Balaban J connectivity index is 2.35. The molecule has 0 bridgehead atoms. The molecule has 0 aromatic carbocycles. The second-order valence-corrected chi connectivity index (χ2v) is 4.22. The van der Waals surface area contributed by atoms with E-state index in [2.05, 4.69) is 0 Å². The maximum absolute atomic E-state index is 11.5. The zero-order chi connectivity index (χ0) is 12.0. The van der Waals surface area contributed by atoms with Gasteiger partial charge in [0.2, 0.25) is 0 Å². The topological polar surface area (TPSA) is 55.8 Å². The Hall–Kier alpha value is -0.610. The fourth-order valence-corrected chi connectivity index (χ4v) is 1.97. The van der Waals surface area contributed by atoms with Crippen molar-refractivity contribution in [3.05, 3.63) is 0 Å². The molecule has 1 aliphatic rings. The Morgan fingerprint density at radius 3 is 2.44 bits per heavy atom. The highest BCUT2D eigenvalue weighted by Gasteiger charge is 2.26. The lowest BCUT2D eigenvalue weighted by molar-refractivity contribution is -0.162. The van der Waals surface area contributed by atoms with Gasteiger partial charge in [-0.3, -0.25) is 0 Å². The molecular formula is C12H22O4. The summed E-state index contributed by atoms with van der Waals surface area (Å²) in [5, 5.41) is 9.36. The van der Waals surface area contributed by atoms with Crippen molar-refractivity contribution in [3.63, 3.8) is 0 Å². The van der Waals surface area contributed by atoms with Crippen molar-refractivity contribution >= 4 is 5.97 Å². The van der Waals surface area contributed by atoms with E-state index in [0.29, 0.717) is 13.0 Å². The third-order valence-electron chi connectivity index (χ3n) is 2.92. The number of rotatable bonds is 5. The zero-order valence-electron chi connectivity index (χ0n) is 10.1. The smallest absolute Gasteiger partial charge is 0.335 e.